The van der Waals surface area contributed by atoms with Crippen molar-refractivity contribution in [3.63, 3.8) is 0 Å². The normalized spacial score (nSPS) is 26.0. The van der Waals surface area contributed by atoms with Crippen LogP contribution in [0.25, 0.3) is 0 Å². The molecule has 0 unspecified atom stereocenters. The van der Waals surface area contributed by atoms with Crippen LogP contribution in [0.3, 0.4) is 0 Å². The molecule has 1 heterocycles. The van der Waals surface area contributed by atoms with Crippen molar-refractivity contribution in [2.45, 2.75) is 43.2 Å². The summed E-state index contributed by atoms with van der Waals surface area (Å²) in [6.45, 7) is 1.00. The van der Waals surface area contributed by atoms with Crippen LogP contribution in [0.15, 0.2) is 41.4 Å². The number of likely N-dealkylation sites (N-methyl/N-ethyl adjacent to an activating group) is 1. The summed E-state index contributed by atoms with van der Waals surface area (Å²) in [6, 6.07) is 9.86. The lowest BCUT2D eigenvalue weighted by Gasteiger charge is -2.44. The van der Waals surface area contributed by atoms with Gasteiger partial charge in [-0.05, 0) is 69.1 Å². The Hall–Kier alpha value is -2.87. The number of rotatable bonds is 5. The number of nitrogens with two attached hydrogens (primary N) is 1. The number of nitrogens with zero attached hydrogens (tertiary/aromatic N) is 2. The standard InChI is InChI=1S/C24H30F2N4O2/c1-30-11-10-24(15-4-7-20(31-2)21(12-15)32-3)9-8-17(14-22(24)30)28-23(27)29-19-6-5-16(25)13-18(19)26/h4-7,12-13,17,22H,8-11,14H2,1-3H3,(H3,27,28,29)/t17-,22+,24+/m1/s1. The summed E-state index contributed by atoms with van der Waals surface area (Å²) in [5.74, 6) is 0.268. The van der Waals surface area contributed by atoms with Crippen molar-refractivity contribution >= 4 is 11.6 Å². The summed E-state index contributed by atoms with van der Waals surface area (Å²) in [5.41, 5.74) is 7.45. The first-order chi connectivity index (χ1) is 15.4. The Balaban J connectivity index is 1.54. The Labute approximate surface area is 187 Å². The van der Waals surface area contributed by atoms with E-state index in [-0.39, 0.29) is 23.1 Å². The minimum absolute atomic E-state index is 0.0184. The largest absolute Gasteiger partial charge is 0.493 e. The van der Waals surface area contributed by atoms with Crippen LogP contribution >= 0.6 is 0 Å². The Morgan fingerprint density at radius 1 is 1.12 bits per heavy atom. The SMILES string of the molecule is COc1ccc([C@@]23CC[C@@H](N=C(N)Nc4ccc(F)cc4F)C[C@@H]2N(C)CC3)cc1OC. The summed E-state index contributed by atoms with van der Waals surface area (Å²) >= 11 is 0. The molecule has 4 rings (SSSR count). The molecule has 3 N–H and O–H groups in total. The van der Waals surface area contributed by atoms with Gasteiger partial charge in [-0.2, -0.15) is 0 Å². The van der Waals surface area contributed by atoms with Gasteiger partial charge in [0.2, 0.25) is 0 Å². The number of halogens is 2. The second-order valence-corrected chi connectivity index (χ2v) is 8.66. The lowest BCUT2D eigenvalue weighted by atomic mass is 9.65. The van der Waals surface area contributed by atoms with Crippen molar-refractivity contribution in [3.05, 3.63) is 53.6 Å². The van der Waals surface area contributed by atoms with Gasteiger partial charge in [0.15, 0.2) is 17.5 Å². The van der Waals surface area contributed by atoms with Crippen LogP contribution < -0.4 is 20.5 Å². The number of fused-ring (bicyclic) bond motifs is 1. The lowest BCUT2D eigenvalue weighted by molar-refractivity contribution is 0.168. The molecule has 0 bridgehead atoms. The molecule has 8 heteroatoms. The number of hydrogen-bond acceptors (Lipinski definition) is 4. The topological polar surface area (TPSA) is 72.1 Å². The fourth-order valence-electron chi connectivity index (χ4n) is 5.32. The highest BCUT2D eigenvalue weighted by atomic mass is 19.1. The Morgan fingerprint density at radius 3 is 2.62 bits per heavy atom. The maximum Gasteiger partial charge on any atom is 0.193 e. The van der Waals surface area contributed by atoms with Crippen molar-refractivity contribution in [2.24, 2.45) is 10.7 Å². The van der Waals surface area contributed by atoms with Crippen molar-refractivity contribution in [1.29, 1.82) is 0 Å². The van der Waals surface area contributed by atoms with Gasteiger partial charge in [0.1, 0.15) is 11.6 Å². The molecule has 1 aliphatic heterocycles. The molecule has 1 aliphatic carbocycles. The van der Waals surface area contributed by atoms with Gasteiger partial charge >= 0.3 is 0 Å². The van der Waals surface area contributed by atoms with E-state index in [1.807, 2.05) is 6.07 Å². The highest BCUT2D eigenvalue weighted by Gasteiger charge is 2.50. The fourth-order valence-corrected chi connectivity index (χ4v) is 5.32. The van der Waals surface area contributed by atoms with E-state index in [9.17, 15) is 8.78 Å². The van der Waals surface area contributed by atoms with E-state index >= 15 is 0 Å². The zero-order chi connectivity index (χ0) is 22.9. The third-order valence-electron chi connectivity index (χ3n) is 6.97. The molecule has 172 valence electrons. The summed E-state index contributed by atoms with van der Waals surface area (Å²) in [4.78, 5) is 7.02. The number of likely N-dealkylation sites (tertiary alicyclic amines) is 1. The molecule has 0 spiro atoms. The van der Waals surface area contributed by atoms with Gasteiger partial charge in [-0.25, -0.2) is 13.8 Å². The minimum atomic E-state index is -0.699. The van der Waals surface area contributed by atoms with Crippen LogP contribution in [0, 0.1) is 11.6 Å². The maximum atomic E-state index is 13.9. The molecule has 0 amide bonds. The highest BCUT2D eigenvalue weighted by Crippen LogP contribution is 2.50. The van der Waals surface area contributed by atoms with Crippen molar-refractivity contribution in [2.75, 3.05) is 33.1 Å². The zero-order valence-corrected chi connectivity index (χ0v) is 18.7. The van der Waals surface area contributed by atoms with E-state index in [4.69, 9.17) is 15.2 Å². The van der Waals surface area contributed by atoms with Gasteiger partial charge in [0.05, 0.1) is 25.9 Å². The molecular formula is C24H30F2N4O2. The number of hydrogen-bond donors (Lipinski definition) is 2. The number of nitrogens with one attached hydrogen (secondary N) is 1. The number of aliphatic imine (C=N–C) groups is 1. The van der Waals surface area contributed by atoms with E-state index < -0.39 is 11.6 Å². The van der Waals surface area contributed by atoms with Gasteiger partial charge in [-0.1, -0.05) is 6.07 Å². The smallest absolute Gasteiger partial charge is 0.193 e. The first kappa shape index (κ1) is 22.3. The average Bonchev–Trinajstić information content (AvgIpc) is 3.12. The first-order valence-electron chi connectivity index (χ1n) is 10.8. The average molecular weight is 445 g/mol. The minimum Gasteiger partial charge on any atom is -0.493 e. The molecule has 2 aromatic rings. The molecule has 2 aliphatic rings. The molecular weight excluding hydrogens is 414 g/mol. The number of methoxy groups -OCH3 is 2. The molecule has 1 saturated carbocycles. The maximum absolute atomic E-state index is 13.9. The van der Waals surface area contributed by atoms with Gasteiger partial charge in [0, 0.05) is 17.5 Å². The van der Waals surface area contributed by atoms with Crippen molar-refractivity contribution < 1.29 is 18.3 Å². The monoisotopic (exact) mass is 444 g/mol. The number of guanidine groups is 1. The molecule has 3 atom stereocenters. The van der Waals surface area contributed by atoms with Crippen LogP contribution in [0.5, 0.6) is 11.5 Å². The van der Waals surface area contributed by atoms with Gasteiger partial charge in [-0.15, -0.1) is 0 Å². The van der Waals surface area contributed by atoms with E-state index in [1.165, 1.54) is 17.7 Å². The number of anilines is 1. The molecule has 32 heavy (non-hydrogen) atoms. The molecule has 1 saturated heterocycles. The zero-order valence-electron chi connectivity index (χ0n) is 18.7. The van der Waals surface area contributed by atoms with Crippen LogP contribution in [-0.4, -0.2) is 50.8 Å². The molecule has 2 aromatic carbocycles. The fraction of sp³-hybridized carbons (Fsp3) is 0.458. The highest BCUT2D eigenvalue weighted by molar-refractivity contribution is 5.92. The summed E-state index contributed by atoms with van der Waals surface area (Å²) in [6.07, 6.45) is 3.74. The van der Waals surface area contributed by atoms with Gasteiger partial charge < -0.3 is 25.4 Å². The van der Waals surface area contributed by atoms with E-state index in [1.54, 1.807) is 14.2 Å². The van der Waals surface area contributed by atoms with Crippen molar-refractivity contribution in [1.82, 2.24) is 4.90 Å². The summed E-state index contributed by atoms with van der Waals surface area (Å²) < 4.78 is 38.0. The van der Waals surface area contributed by atoms with Gasteiger partial charge in [-0.3, -0.25) is 0 Å². The number of benzene rings is 2. The molecule has 6 nitrogen and oxygen atoms in total. The van der Waals surface area contributed by atoms with Crippen molar-refractivity contribution in [3.8, 4) is 11.5 Å². The summed E-state index contributed by atoms with van der Waals surface area (Å²) in [7, 11) is 5.44. The summed E-state index contributed by atoms with van der Waals surface area (Å²) in [5, 5.41) is 2.77. The molecule has 0 aromatic heterocycles. The Morgan fingerprint density at radius 2 is 1.91 bits per heavy atom. The second kappa shape index (κ2) is 8.94. The Bertz CT molecular complexity index is 1020. The second-order valence-electron chi connectivity index (χ2n) is 8.66. The lowest BCUT2D eigenvalue weighted by Crippen LogP contribution is -2.47. The van der Waals surface area contributed by atoms with Gasteiger partial charge in [0.25, 0.3) is 0 Å². The predicted molar refractivity (Wildman–Crippen MR) is 122 cm³/mol. The molecule has 2 fully saturated rings. The van der Waals surface area contributed by atoms with E-state index in [2.05, 4.69) is 34.4 Å². The first-order valence-corrected chi connectivity index (χ1v) is 10.8. The van der Waals surface area contributed by atoms with Crippen LogP contribution in [0.2, 0.25) is 0 Å². The van der Waals surface area contributed by atoms with E-state index in [0.717, 1.165) is 49.8 Å². The van der Waals surface area contributed by atoms with E-state index in [0.29, 0.717) is 6.04 Å². The molecule has 0 radical (unpaired) electrons. The Kier molecular flexibility index (Phi) is 6.24. The number of ether oxygens (including phenoxy) is 2. The third-order valence-corrected chi connectivity index (χ3v) is 6.97. The predicted octanol–water partition coefficient (Wildman–Crippen LogP) is 3.90. The third kappa shape index (κ3) is 4.11. The van der Waals surface area contributed by atoms with Crippen LogP contribution in [-0.2, 0) is 5.41 Å². The quantitative estimate of drug-likeness (QED) is 0.541. The van der Waals surface area contributed by atoms with Crippen LogP contribution in [0.1, 0.15) is 31.2 Å². The van der Waals surface area contributed by atoms with Crippen LogP contribution in [0.4, 0.5) is 14.5 Å².